The lowest BCUT2D eigenvalue weighted by Gasteiger charge is -2.25. The van der Waals surface area contributed by atoms with E-state index in [0.717, 1.165) is 31.4 Å². The molecular weight excluding hydrogens is 464 g/mol. The molecule has 0 bridgehead atoms. The van der Waals surface area contributed by atoms with Crippen molar-refractivity contribution in [2.45, 2.75) is 64.3 Å². The third-order valence-corrected chi connectivity index (χ3v) is 6.60. The quantitative estimate of drug-likeness (QED) is 0.310. The van der Waals surface area contributed by atoms with Crippen LogP contribution in [0.25, 0.3) is 0 Å². The molecule has 2 unspecified atom stereocenters. The second-order valence-corrected chi connectivity index (χ2v) is 10.0. The number of carbonyl (C=O) groups excluding carboxylic acids is 2. The Bertz CT molecular complexity index is 879. The SMILES string of the molecule is CCCCC(NCC(CC(C)C)NC(=O)c1cc(OC)cc(OC)c1)C(=O)CSCc1ccco1. The number of nitrogens with one attached hydrogen (secondary N) is 2. The van der Waals surface area contributed by atoms with Gasteiger partial charge in [0.1, 0.15) is 17.3 Å². The molecule has 194 valence electrons. The summed E-state index contributed by atoms with van der Waals surface area (Å²) in [5, 5.41) is 6.59. The van der Waals surface area contributed by atoms with Crippen LogP contribution >= 0.6 is 11.8 Å². The van der Waals surface area contributed by atoms with Gasteiger partial charge in [-0.1, -0.05) is 33.6 Å². The summed E-state index contributed by atoms with van der Waals surface area (Å²) < 4.78 is 16.0. The van der Waals surface area contributed by atoms with Gasteiger partial charge in [-0.15, -0.1) is 11.8 Å². The summed E-state index contributed by atoms with van der Waals surface area (Å²) in [5.74, 6) is 3.46. The van der Waals surface area contributed by atoms with Crippen molar-refractivity contribution in [3.63, 3.8) is 0 Å². The number of unbranched alkanes of at least 4 members (excludes halogenated alkanes) is 1. The molecule has 0 aliphatic heterocycles. The van der Waals surface area contributed by atoms with E-state index >= 15 is 0 Å². The fourth-order valence-electron chi connectivity index (χ4n) is 3.79. The molecule has 8 heteroatoms. The van der Waals surface area contributed by atoms with Gasteiger partial charge in [0, 0.05) is 24.2 Å². The first kappa shape index (κ1) is 28.8. The Balaban J connectivity index is 2.00. The molecule has 0 aliphatic carbocycles. The van der Waals surface area contributed by atoms with E-state index in [9.17, 15) is 9.59 Å². The van der Waals surface area contributed by atoms with Crippen molar-refractivity contribution < 1.29 is 23.5 Å². The van der Waals surface area contributed by atoms with Crippen LogP contribution in [-0.4, -0.2) is 50.3 Å². The minimum absolute atomic E-state index is 0.118. The lowest BCUT2D eigenvalue weighted by Crippen LogP contribution is -2.48. The van der Waals surface area contributed by atoms with Gasteiger partial charge in [0.25, 0.3) is 5.91 Å². The molecule has 0 aliphatic rings. The lowest BCUT2D eigenvalue weighted by atomic mass is 10.0. The molecule has 1 aromatic heterocycles. The van der Waals surface area contributed by atoms with Crippen LogP contribution in [0.5, 0.6) is 11.5 Å². The third-order valence-electron chi connectivity index (χ3n) is 5.62. The van der Waals surface area contributed by atoms with E-state index in [4.69, 9.17) is 13.9 Å². The summed E-state index contributed by atoms with van der Waals surface area (Å²) >= 11 is 1.56. The Hall–Kier alpha value is -2.45. The van der Waals surface area contributed by atoms with Gasteiger partial charge in [0.05, 0.1) is 38.0 Å². The highest BCUT2D eigenvalue weighted by atomic mass is 32.2. The van der Waals surface area contributed by atoms with E-state index < -0.39 is 0 Å². The van der Waals surface area contributed by atoms with Crippen LogP contribution < -0.4 is 20.1 Å². The first-order valence-electron chi connectivity index (χ1n) is 12.3. The number of rotatable bonds is 17. The number of Topliss-reactive ketones (excluding diaryl/α,β-unsaturated/α-hetero) is 1. The Morgan fingerprint density at radius 2 is 1.83 bits per heavy atom. The number of benzene rings is 1. The van der Waals surface area contributed by atoms with Gasteiger partial charge in [0.2, 0.25) is 0 Å². The first-order valence-corrected chi connectivity index (χ1v) is 13.4. The number of furan rings is 1. The maximum atomic E-state index is 13.0. The van der Waals surface area contributed by atoms with Crippen LogP contribution in [0.15, 0.2) is 41.0 Å². The van der Waals surface area contributed by atoms with Crippen LogP contribution in [0.3, 0.4) is 0 Å². The molecule has 1 amide bonds. The average molecular weight is 505 g/mol. The zero-order valence-corrected chi connectivity index (χ0v) is 22.4. The Morgan fingerprint density at radius 3 is 2.40 bits per heavy atom. The molecule has 2 N–H and O–H groups in total. The van der Waals surface area contributed by atoms with E-state index in [1.807, 2.05) is 12.1 Å². The Labute approximate surface area is 213 Å². The highest BCUT2D eigenvalue weighted by molar-refractivity contribution is 7.99. The van der Waals surface area contributed by atoms with Gasteiger partial charge < -0.3 is 24.5 Å². The van der Waals surface area contributed by atoms with Crippen LogP contribution in [-0.2, 0) is 10.5 Å². The maximum absolute atomic E-state index is 13.0. The summed E-state index contributed by atoms with van der Waals surface area (Å²) in [6, 6.07) is 8.55. The largest absolute Gasteiger partial charge is 0.497 e. The minimum Gasteiger partial charge on any atom is -0.497 e. The third kappa shape index (κ3) is 10.4. The maximum Gasteiger partial charge on any atom is 0.251 e. The van der Waals surface area contributed by atoms with Crippen LogP contribution in [0.1, 0.15) is 62.6 Å². The van der Waals surface area contributed by atoms with Crippen molar-refractivity contribution in [1.29, 1.82) is 0 Å². The van der Waals surface area contributed by atoms with Gasteiger partial charge in [-0.25, -0.2) is 0 Å². The second-order valence-electron chi connectivity index (χ2n) is 9.04. The molecular formula is C27H40N2O5S. The zero-order chi connectivity index (χ0) is 25.6. The number of carbonyl (C=O) groups is 2. The number of thioether (sulfide) groups is 1. The van der Waals surface area contributed by atoms with E-state index in [0.29, 0.717) is 41.0 Å². The topological polar surface area (TPSA) is 89.8 Å². The molecule has 0 saturated heterocycles. The molecule has 2 atom stereocenters. The molecule has 1 heterocycles. The summed E-state index contributed by atoms with van der Waals surface area (Å²) in [4.78, 5) is 26.0. The molecule has 2 aromatic rings. The summed E-state index contributed by atoms with van der Waals surface area (Å²) in [6.07, 6.45) is 5.22. The number of amides is 1. The van der Waals surface area contributed by atoms with E-state index in [-0.39, 0.29) is 23.8 Å². The number of hydrogen-bond donors (Lipinski definition) is 2. The van der Waals surface area contributed by atoms with Crippen LogP contribution in [0.2, 0.25) is 0 Å². The molecule has 2 rings (SSSR count). The normalized spacial score (nSPS) is 12.9. The van der Waals surface area contributed by atoms with Gasteiger partial charge in [-0.05, 0) is 43.0 Å². The minimum atomic E-state index is -0.234. The predicted octanol–water partition coefficient (Wildman–Crippen LogP) is 5.09. The number of ether oxygens (including phenoxy) is 2. The van der Waals surface area contributed by atoms with E-state index in [1.165, 1.54) is 0 Å². The molecule has 0 spiro atoms. The van der Waals surface area contributed by atoms with Gasteiger partial charge in [-0.2, -0.15) is 0 Å². The van der Waals surface area contributed by atoms with E-state index in [2.05, 4.69) is 31.4 Å². The smallest absolute Gasteiger partial charge is 0.251 e. The van der Waals surface area contributed by atoms with Gasteiger partial charge >= 0.3 is 0 Å². The molecule has 0 fully saturated rings. The highest BCUT2D eigenvalue weighted by Gasteiger charge is 2.22. The van der Waals surface area contributed by atoms with Crippen LogP contribution in [0.4, 0.5) is 0 Å². The Kier molecular flexibility index (Phi) is 12.8. The van der Waals surface area contributed by atoms with Crippen molar-refractivity contribution >= 4 is 23.5 Å². The van der Waals surface area contributed by atoms with Crippen molar-refractivity contribution in [2.75, 3.05) is 26.5 Å². The summed E-state index contributed by atoms with van der Waals surface area (Å²) in [5.41, 5.74) is 0.475. The number of ketones is 1. The molecule has 1 aromatic carbocycles. The predicted molar refractivity (Wildman–Crippen MR) is 141 cm³/mol. The Morgan fingerprint density at radius 1 is 1.11 bits per heavy atom. The molecule has 35 heavy (non-hydrogen) atoms. The standard InChI is InChI=1S/C27H40N2O5S/c1-6-7-10-25(26(30)18-35-17-22-9-8-11-34-22)28-16-21(12-19(2)3)29-27(31)20-13-23(32-4)15-24(14-20)33-5/h8-9,11,13-15,19,21,25,28H,6-7,10,12,16-18H2,1-5H3,(H,29,31). The molecule has 0 saturated carbocycles. The number of methoxy groups -OCH3 is 2. The van der Waals surface area contributed by atoms with Gasteiger partial charge in [0.15, 0.2) is 5.78 Å². The first-order chi connectivity index (χ1) is 16.9. The fraction of sp³-hybridized carbons (Fsp3) is 0.556. The number of hydrogen-bond acceptors (Lipinski definition) is 7. The fourth-order valence-corrected chi connectivity index (χ4v) is 4.66. The zero-order valence-electron chi connectivity index (χ0n) is 21.6. The van der Waals surface area contributed by atoms with Crippen molar-refractivity contribution in [3.8, 4) is 11.5 Å². The second kappa shape index (κ2) is 15.5. The van der Waals surface area contributed by atoms with Gasteiger partial charge in [-0.3, -0.25) is 9.59 Å². The van der Waals surface area contributed by atoms with Crippen molar-refractivity contribution in [2.24, 2.45) is 5.92 Å². The molecule has 0 radical (unpaired) electrons. The highest BCUT2D eigenvalue weighted by Crippen LogP contribution is 2.23. The van der Waals surface area contributed by atoms with Crippen molar-refractivity contribution in [3.05, 3.63) is 47.9 Å². The van der Waals surface area contributed by atoms with E-state index in [1.54, 1.807) is 50.4 Å². The van der Waals surface area contributed by atoms with Crippen molar-refractivity contribution in [1.82, 2.24) is 10.6 Å². The summed E-state index contributed by atoms with van der Waals surface area (Å²) in [7, 11) is 3.12. The summed E-state index contributed by atoms with van der Waals surface area (Å²) in [6.45, 7) is 6.89. The average Bonchev–Trinajstić information content (AvgIpc) is 3.36. The monoisotopic (exact) mass is 504 g/mol. The van der Waals surface area contributed by atoms with Crippen LogP contribution in [0, 0.1) is 5.92 Å². The lowest BCUT2D eigenvalue weighted by molar-refractivity contribution is -0.118. The molecule has 7 nitrogen and oxygen atoms in total.